The summed E-state index contributed by atoms with van der Waals surface area (Å²) < 4.78 is 4.81. The maximum atomic E-state index is 11.6. The molecule has 1 heterocycles. The molecule has 0 fully saturated rings. The molecule has 0 radical (unpaired) electrons. The molecular weight excluding hydrogens is 224 g/mol. The number of H-pyrrole nitrogens is 1. The van der Waals surface area contributed by atoms with Gasteiger partial charge in [-0.1, -0.05) is 0 Å². The Morgan fingerprint density at radius 3 is 2.76 bits per heavy atom. The van der Waals surface area contributed by atoms with Crippen LogP contribution in [0, 0.1) is 0 Å². The molecule has 17 heavy (non-hydrogen) atoms. The van der Waals surface area contributed by atoms with Crippen molar-refractivity contribution in [3.8, 4) is 0 Å². The standard InChI is InChI=1S/C10H16N4O3/c1-4-17-8(15)6-5-12-14-7(6)13-9(16)10(2,3)11/h5H,4,11H2,1-3H3,(H2,12,13,14,16). The van der Waals surface area contributed by atoms with E-state index in [-0.39, 0.29) is 18.0 Å². The first-order chi connectivity index (χ1) is 7.86. The van der Waals surface area contributed by atoms with Crippen LogP contribution in [-0.2, 0) is 9.53 Å². The number of rotatable bonds is 4. The summed E-state index contributed by atoms with van der Waals surface area (Å²) in [6.07, 6.45) is 1.29. The van der Waals surface area contributed by atoms with Gasteiger partial charge in [0.05, 0.1) is 18.3 Å². The normalized spacial score (nSPS) is 11.1. The number of hydrogen-bond donors (Lipinski definition) is 3. The molecule has 0 aliphatic carbocycles. The van der Waals surface area contributed by atoms with Crippen molar-refractivity contribution in [1.82, 2.24) is 10.2 Å². The lowest BCUT2D eigenvalue weighted by Crippen LogP contribution is -2.45. The second-order valence-electron chi connectivity index (χ2n) is 4.05. The lowest BCUT2D eigenvalue weighted by Gasteiger charge is -2.17. The van der Waals surface area contributed by atoms with Crippen molar-refractivity contribution in [2.75, 3.05) is 11.9 Å². The topological polar surface area (TPSA) is 110 Å². The molecule has 0 aliphatic heterocycles. The minimum atomic E-state index is -1.04. The van der Waals surface area contributed by atoms with Gasteiger partial charge in [-0.25, -0.2) is 4.79 Å². The molecule has 1 aromatic heterocycles. The molecule has 94 valence electrons. The molecule has 0 unspecified atom stereocenters. The van der Waals surface area contributed by atoms with E-state index in [1.54, 1.807) is 20.8 Å². The molecule has 7 nitrogen and oxygen atoms in total. The van der Waals surface area contributed by atoms with E-state index in [2.05, 4.69) is 15.5 Å². The van der Waals surface area contributed by atoms with Gasteiger partial charge in [0.2, 0.25) is 5.91 Å². The molecular formula is C10H16N4O3. The lowest BCUT2D eigenvalue weighted by atomic mass is 10.1. The molecule has 0 aliphatic rings. The van der Waals surface area contributed by atoms with E-state index in [4.69, 9.17) is 10.5 Å². The quantitative estimate of drug-likeness (QED) is 0.654. The zero-order valence-electron chi connectivity index (χ0n) is 10.0. The van der Waals surface area contributed by atoms with Crippen LogP contribution in [-0.4, -0.2) is 34.2 Å². The van der Waals surface area contributed by atoms with Crippen LogP contribution in [0.3, 0.4) is 0 Å². The minimum Gasteiger partial charge on any atom is -0.462 e. The van der Waals surface area contributed by atoms with Crippen LogP contribution in [0.15, 0.2) is 6.20 Å². The summed E-state index contributed by atoms with van der Waals surface area (Å²) in [5.41, 5.74) is 4.74. The Balaban J connectivity index is 2.83. The van der Waals surface area contributed by atoms with Crippen LogP contribution in [0.5, 0.6) is 0 Å². The summed E-state index contributed by atoms with van der Waals surface area (Å²) in [5.74, 6) is -0.786. The van der Waals surface area contributed by atoms with E-state index in [1.807, 2.05) is 0 Å². The molecule has 0 aromatic carbocycles. The highest BCUT2D eigenvalue weighted by molar-refractivity contribution is 6.02. The lowest BCUT2D eigenvalue weighted by molar-refractivity contribution is -0.120. The van der Waals surface area contributed by atoms with Crippen molar-refractivity contribution in [3.05, 3.63) is 11.8 Å². The molecule has 0 saturated heterocycles. The number of aromatic amines is 1. The number of hydrogen-bond acceptors (Lipinski definition) is 5. The van der Waals surface area contributed by atoms with Gasteiger partial charge in [-0.3, -0.25) is 9.89 Å². The number of ether oxygens (including phenoxy) is 1. The summed E-state index contributed by atoms with van der Waals surface area (Å²) in [4.78, 5) is 23.1. The molecule has 1 amide bonds. The van der Waals surface area contributed by atoms with Crippen molar-refractivity contribution in [2.24, 2.45) is 5.73 Å². The maximum Gasteiger partial charge on any atom is 0.343 e. The average molecular weight is 240 g/mol. The fourth-order valence-corrected chi connectivity index (χ4v) is 1.02. The predicted octanol–water partition coefficient (Wildman–Crippen LogP) is 0.262. The van der Waals surface area contributed by atoms with Crippen LogP contribution in [0.25, 0.3) is 0 Å². The summed E-state index contributed by atoms with van der Waals surface area (Å²) in [7, 11) is 0. The number of esters is 1. The number of nitrogens with zero attached hydrogens (tertiary/aromatic N) is 1. The Labute approximate surface area is 98.7 Å². The van der Waals surface area contributed by atoms with Gasteiger partial charge >= 0.3 is 5.97 Å². The van der Waals surface area contributed by atoms with Gasteiger partial charge in [0.1, 0.15) is 11.4 Å². The molecule has 7 heteroatoms. The van der Waals surface area contributed by atoms with E-state index in [0.29, 0.717) is 0 Å². The third-order valence-corrected chi connectivity index (χ3v) is 1.96. The van der Waals surface area contributed by atoms with Gasteiger partial charge in [0.25, 0.3) is 0 Å². The Bertz CT molecular complexity index is 419. The highest BCUT2D eigenvalue weighted by Gasteiger charge is 2.24. The van der Waals surface area contributed by atoms with Gasteiger partial charge in [-0.15, -0.1) is 0 Å². The van der Waals surface area contributed by atoms with Crippen molar-refractivity contribution >= 4 is 17.7 Å². The highest BCUT2D eigenvalue weighted by atomic mass is 16.5. The predicted molar refractivity (Wildman–Crippen MR) is 61.4 cm³/mol. The molecule has 0 atom stereocenters. The average Bonchev–Trinajstić information content (AvgIpc) is 2.64. The van der Waals surface area contributed by atoms with Crippen LogP contribution >= 0.6 is 0 Å². The second-order valence-corrected chi connectivity index (χ2v) is 4.05. The summed E-state index contributed by atoms with van der Waals surface area (Å²) in [6.45, 7) is 5.06. The van der Waals surface area contributed by atoms with Crippen molar-refractivity contribution < 1.29 is 14.3 Å². The Hall–Kier alpha value is -1.89. The molecule has 4 N–H and O–H groups in total. The zero-order chi connectivity index (χ0) is 13.1. The van der Waals surface area contributed by atoms with Gasteiger partial charge in [-0.2, -0.15) is 5.10 Å². The largest absolute Gasteiger partial charge is 0.462 e. The van der Waals surface area contributed by atoms with Gasteiger partial charge in [0.15, 0.2) is 0 Å². The van der Waals surface area contributed by atoms with Crippen molar-refractivity contribution in [2.45, 2.75) is 26.3 Å². The third-order valence-electron chi connectivity index (χ3n) is 1.96. The first-order valence-electron chi connectivity index (χ1n) is 5.17. The number of nitrogens with one attached hydrogen (secondary N) is 2. The van der Waals surface area contributed by atoms with E-state index in [0.717, 1.165) is 0 Å². The van der Waals surface area contributed by atoms with E-state index in [1.165, 1.54) is 6.20 Å². The number of carbonyl (C=O) groups is 2. The highest BCUT2D eigenvalue weighted by Crippen LogP contribution is 2.13. The molecule has 0 saturated carbocycles. The number of anilines is 1. The van der Waals surface area contributed by atoms with Crippen LogP contribution in [0.4, 0.5) is 5.82 Å². The number of carbonyl (C=O) groups excluding carboxylic acids is 2. The second kappa shape index (κ2) is 4.96. The summed E-state index contributed by atoms with van der Waals surface area (Å²) >= 11 is 0. The van der Waals surface area contributed by atoms with Crippen LogP contribution in [0.1, 0.15) is 31.1 Å². The van der Waals surface area contributed by atoms with Gasteiger partial charge in [0, 0.05) is 0 Å². The maximum absolute atomic E-state index is 11.6. The van der Waals surface area contributed by atoms with E-state index in [9.17, 15) is 9.59 Å². The van der Waals surface area contributed by atoms with Crippen LogP contribution < -0.4 is 11.1 Å². The Morgan fingerprint density at radius 1 is 1.59 bits per heavy atom. The Morgan fingerprint density at radius 2 is 2.24 bits per heavy atom. The van der Waals surface area contributed by atoms with Crippen LogP contribution in [0.2, 0.25) is 0 Å². The molecule has 1 aromatic rings. The molecule has 0 bridgehead atoms. The molecule has 0 spiro atoms. The zero-order valence-corrected chi connectivity index (χ0v) is 10.0. The first kappa shape index (κ1) is 13.2. The monoisotopic (exact) mass is 240 g/mol. The third kappa shape index (κ3) is 3.28. The van der Waals surface area contributed by atoms with Gasteiger partial charge < -0.3 is 15.8 Å². The van der Waals surface area contributed by atoms with E-state index < -0.39 is 17.4 Å². The number of aromatic nitrogens is 2. The number of amides is 1. The summed E-state index contributed by atoms with van der Waals surface area (Å²) in [6, 6.07) is 0. The Kier molecular flexibility index (Phi) is 3.84. The fourth-order valence-electron chi connectivity index (χ4n) is 1.02. The fraction of sp³-hybridized carbons (Fsp3) is 0.500. The van der Waals surface area contributed by atoms with Crippen molar-refractivity contribution in [3.63, 3.8) is 0 Å². The molecule has 1 rings (SSSR count). The van der Waals surface area contributed by atoms with E-state index >= 15 is 0 Å². The first-order valence-corrected chi connectivity index (χ1v) is 5.17. The smallest absolute Gasteiger partial charge is 0.343 e. The van der Waals surface area contributed by atoms with Gasteiger partial charge in [-0.05, 0) is 20.8 Å². The summed E-state index contributed by atoms with van der Waals surface area (Å²) in [5, 5.41) is 8.68. The SMILES string of the molecule is CCOC(=O)c1cn[nH]c1NC(=O)C(C)(C)N. The van der Waals surface area contributed by atoms with Crippen molar-refractivity contribution in [1.29, 1.82) is 0 Å². The number of nitrogens with two attached hydrogens (primary N) is 1. The minimum absolute atomic E-state index is 0.171.